The van der Waals surface area contributed by atoms with Crippen molar-refractivity contribution < 1.29 is 4.42 Å². The van der Waals surface area contributed by atoms with Crippen LogP contribution in [0.3, 0.4) is 0 Å². The summed E-state index contributed by atoms with van der Waals surface area (Å²) in [6.45, 7) is 6.79. The molecule has 10 rings (SSSR count). The molecular formula is C60H55NOS. The second-order valence-electron chi connectivity index (χ2n) is 17.3. The van der Waals surface area contributed by atoms with E-state index in [1.165, 1.54) is 71.5 Å². The third kappa shape index (κ3) is 8.40. The Morgan fingerprint density at radius 2 is 1.52 bits per heavy atom. The highest BCUT2D eigenvalue weighted by Crippen LogP contribution is 2.53. The molecule has 0 saturated heterocycles. The standard InChI is InChI=1S/C60H55NOS/c1-4-6-28-55(43-20-12-8-13-21-43)61-56(44-22-14-9-15-23-44)37-41(5-2)40(3)45-24-16-25-46(35-45)47-31-34-57-54(36-47)51-32-30-49(38-58(51)62-57)50-26-17-27-53-52-33-29-48(39-59(52)63-60(50)53)42-18-10-7-11-19-42/h8-10,12-36,39,49,52,59H,4-7,11,37-38H2,1-3H3/b41-40+,55-28+,61-56+. The zero-order valence-corrected chi connectivity index (χ0v) is 37.5. The predicted octanol–water partition coefficient (Wildman–Crippen LogP) is 16.7. The van der Waals surface area contributed by atoms with E-state index in [0.29, 0.717) is 11.2 Å². The van der Waals surface area contributed by atoms with Gasteiger partial charge in [-0.3, -0.25) is 4.99 Å². The lowest BCUT2D eigenvalue weighted by molar-refractivity contribution is 0.531. The van der Waals surface area contributed by atoms with Gasteiger partial charge in [0.2, 0.25) is 0 Å². The Hall–Kier alpha value is -6.16. The third-order valence-corrected chi connectivity index (χ3v) is 14.7. The van der Waals surface area contributed by atoms with Gasteiger partial charge in [0.25, 0.3) is 0 Å². The first-order valence-corrected chi connectivity index (χ1v) is 23.9. The number of nitrogens with zero attached hydrogens (tertiary/aromatic N) is 1. The van der Waals surface area contributed by atoms with Gasteiger partial charge in [-0.2, -0.15) is 0 Å². The molecule has 3 unspecified atom stereocenters. The van der Waals surface area contributed by atoms with Crippen molar-refractivity contribution in [2.75, 3.05) is 0 Å². The zero-order chi connectivity index (χ0) is 42.7. The fourth-order valence-corrected chi connectivity index (χ4v) is 11.4. The van der Waals surface area contributed by atoms with Crippen LogP contribution in [0, 0.1) is 0 Å². The summed E-state index contributed by atoms with van der Waals surface area (Å²) in [6.07, 6.45) is 28.3. The summed E-state index contributed by atoms with van der Waals surface area (Å²) in [5, 5.41) is 1.62. The van der Waals surface area contributed by atoms with Crippen LogP contribution in [-0.2, 0) is 6.42 Å². The molecule has 312 valence electrons. The van der Waals surface area contributed by atoms with Gasteiger partial charge in [0.05, 0.1) is 11.4 Å². The van der Waals surface area contributed by atoms with E-state index in [0.717, 1.165) is 73.3 Å². The Morgan fingerprint density at radius 3 is 2.32 bits per heavy atom. The lowest BCUT2D eigenvalue weighted by atomic mass is 9.83. The summed E-state index contributed by atoms with van der Waals surface area (Å²) >= 11 is 2.05. The minimum absolute atomic E-state index is 0.278. The summed E-state index contributed by atoms with van der Waals surface area (Å²) in [5.41, 5.74) is 18.6. The molecule has 5 aromatic carbocycles. The van der Waals surface area contributed by atoms with Crippen LogP contribution in [0.25, 0.3) is 39.4 Å². The van der Waals surface area contributed by atoms with Crippen LogP contribution in [0.1, 0.15) is 110 Å². The lowest BCUT2D eigenvalue weighted by Crippen LogP contribution is -2.10. The maximum Gasteiger partial charge on any atom is 0.134 e. The highest BCUT2D eigenvalue weighted by Gasteiger charge is 2.36. The minimum Gasteiger partial charge on any atom is -0.460 e. The number of thioether (sulfide) groups is 1. The first-order valence-electron chi connectivity index (χ1n) is 23.0. The molecule has 3 atom stereocenters. The fraction of sp³-hybridized carbons (Fsp3) is 0.217. The molecule has 0 bridgehead atoms. The third-order valence-electron chi connectivity index (χ3n) is 13.3. The smallest absolute Gasteiger partial charge is 0.134 e. The van der Waals surface area contributed by atoms with E-state index in [4.69, 9.17) is 9.41 Å². The van der Waals surface area contributed by atoms with Crippen molar-refractivity contribution in [3.05, 3.63) is 226 Å². The molecule has 1 aliphatic heterocycles. The Bertz CT molecular complexity index is 2930. The van der Waals surface area contributed by atoms with Crippen LogP contribution in [0.4, 0.5) is 0 Å². The average Bonchev–Trinajstić information content (AvgIpc) is 3.92. The average molecular weight is 838 g/mol. The van der Waals surface area contributed by atoms with Crippen LogP contribution >= 0.6 is 11.8 Å². The number of furan rings is 1. The van der Waals surface area contributed by atoms with Crippen LogP contribution in [0.15, 0.2) is 201 Å². The fourth-order valence-electron chi connectivity index (χ4n) is 9.80. The van der Waals surface area contributed by atoms with E-state index >= 15 is 0 Å². The predicted molar refractivity (Wildman–Crippen MR) is 269 cm³/mol. The van der Waals surface area contributed by atoms with Crippen molar-refractivity contribution in [2.45, 2.75) is 87.7 Å². The van der Waals surface area contributed by atoms with Gasteiger partial charge in [0, 0.05) is 45.8 Å². The van der Waals surface area contributed by atoms with Gasteiger partial charge in [-0.25, -0.2) is 0 Å². The maximum absolute atomic E-state index is 6.67. The molecule has 0 amide bonds. The van der Waals surface area contributed by atoms with E-state index in [1.807, 2.05) is 0 Å². The summed E-state index contributed by atoms with van der Waals surface area (Å²) in [4.78, 5) is 6.89. The van der Waals surface area contributed by atoms with E-state index in [9.17, 15) is 0 Å². The van der Waals surface area contributed by atoms with Gasteiger partial charge in [-0.1, -0.05) is 184 Å². The molecule has 6 aromatic rings. The molecule has 0 fully saturated rings. The normalized spacial score (nSPS) is 19.6. The topological polar surface area (TPSA) is 25.5 Å². The zero-order valence-electron chi connectivity index (χ0n) is 36.7. The van der Waals surface area contributed by atoms with Crippen molar-refractivity contribution >= 4 is 45.8 Å². The Labute approximate surface area is 378 Å². The van der Waals surface area contributed by atoms with Crippen molar-refractivity contribution in [1.29, 1.82) is 0 Å². The second-order valence-corrected chi connectivity index (χ2v) is 18.5. The molecule has 0 saturated carbocycles. The number of aliphatic imine (C=N–C) groups is 1. The van der Waals surface area contributed by atoms with Gasteiger partial charge in [-0.15, -0.1) is 11.8 Å². The molecule has 3 heteroatoms. The van der Waals surface area contributed by atoms with Crippen molar-refractivity contribution in [3.8, 4) is 11.1 Å². The van der Waals surface area contributed by atoms with Gasteiger partial charge >= 0.3 is 0 Å². The van der Waals surface area contributed by atoms with E-state index in [1.54, 1.807) is 0 Å². The number of benzene rings is 5. The number of hydrogen-bond acceptors (Lipinski definition) is 3. The summed E-state index contributed by atoms with van der Waals surface area (Å²) < 4.78 is 6.67. The number of rotatable bonds is 12. The number of fused-ring (bicyclic) bond motifs is 6. The maximum atomic E-state index is 6.67. The summed E-state index contributed by atoms with van der Waals surface area (Å²) in [6, 6.07) is 44.1. The quantitative estimate of drug-likeness (QED) is 0.115. The molecule has 4 aliphatic rings. The lowest BCUT2D eigenvalue weighted by Gasteiger charge is -2.20. The van der Waals surface area contributed by atoms with E-state index in [-0.39, 0.29) is 5.92 Å². The molecular weight excluding hydrogens is 783 g/mol. The Morgan fingerprint density at radius 1 is 0.746 bits per heavy atom. The molecule has 3 aliphatic carbocycles. The summed E-state index contributed by atoms with van der Waals surface area (Å²) in [7, 11) is 0. The Kier molecular flexibility index (Phi) is 11.9. The minimum atomic E-state index is 0.278. The molecule has 1 aromatic heterocycles. The Balaban J connectivity index is 0.915. The van der Waals surface area contributed by atoms with E-state index in [2.05, 4.69) is 209 Å². The first-order chi connectivity index (χ1) is 31.0. The monoisotopic (exact) mass is 837 g/mol. The van der Waals surface area contributed by atoms with Crippen LogP contribution in [-0.4, -0.2) is 11.0 Å². The largest absolute Gasteiger partial charge is 0.460 e. The van der Waals surface area contributed by atoms with Crippen molar-refractivity contribution in [3.63, 3.8) is 0 Å². The van der Waals surface area contributed by atoms with Crippen LogP contribution in [0.2, 0.25) is 0 Å². The van der Waals surface area contributed by atoms with Crippen LogP contribution < -0.4 is 0 Å². The molecule has 0 N–H and O–H groups in total. The number of hydrogen-bond donors (Lipinski definition) is 0. The molecule has 0 radical (unpaired) electrons. The first kappa shape index (κ1) is 40.9. The molecule has 63 heavy (non-hydrogen) atoms. The number of allylic oxidation sites excluding steroid dienone is 11. The molecule has 0 spiro atoms. The molecule has 2 heterocycles. The highest BCUT2D eigenvalue weighted by molar-refractivity contribution is 8.00. The van der Waals surface area contributed by atoms with Gasteiger partial charge in [0.1, 0.15) is 11.3 Å². The SMILES string of the molecule is CCC/C=C(/N=C(\C/C(CC)=C(\C)c1cccc(-c2ccc3oc4c(c3c2)C=CC(c2cccc3c2SC2C=C(C5=CCCC=C5)C=CC32)C4)c1)c1ccccc1)c1ccccc1. The van der Waals surface area contributed by atoms with Gasteiger partial charge in [-0.05, 0) is 106 Å². The van der Waals surface area contributed by atoms with Gasteiger partial charge in [0.15, 0.2) is 0 Å². The van der Waals surface area contributed by atoms with Gasteiger partial charge < -0.3 is 4.42 Å². The number of unbranched alkanes of at least 4 members (excludes halogenated alkanes) is 1. The second kappa shape index (κ2) is 18.3. The van der Waals surface area contributed by atoms with E-state index < -0.39 is 0 Å². The van der Waals surface area contributed by atoms with Crippen molar-refractivity contribution in [1.82, 2.24) is 0 Å². The highest BCUT2D eigenvalue weighted by atomic mass is 32.2. The summed E-state index contributed by atoms with van der Waals surface area (Å²) in [5.74, 6) is 1.79. The van der Waals surface area contributed by atoms with Crippen LogP contribution in [0.5, 0.6) is 0 Å². The van der Waals surface area contributed by atoms with Crippen molar-refractivity contribution in [2.24, 2.45) is 4.99 Å². The molecule has 2 nitrogen and oxygen atoms in total.